The van der Waals surface area contributed by atoms with Crippen molar-refractivity contribution in [2.24, 2.45) is 0 Å². The van der Waals surface area contributed by atoms with Gasteiger partial charge in [-0.15, -0.1) is 0 Å². The zero-order valence-electron chi connectivity index (χ0n) is 67.7. The summed E-state index contributed by atoms with van der Waals surface area (Å²) in [6, 6.07) is 0. The van der Waals surface area contributed by atoms with E-state index < -0.39 is 97.5 Å². The number of phosphoric acid groups is 2. The number of aliphatic hydroxyl groups is 1. The van der Waals surface area contributed by atoms with E-state index in [4.69, 9.17) is 37.0 Å². The second-order valence-electron chi connectivity index (χ2n) is 27.7. The van der Waals surface area contributed by atoms with Crippen molar-refractivity contribution in [2.75, 3.05) is 39.6 Å². The second-order valence-corrected chi connectivity index (χ2v) is 30.6. The summed E-state index contributed by atoms with van der Waals surface area (Å²) < 4.78 is 68.7. The molecule has 108 heavy (non-hydrogen) atoms. The Hall–Kier alpha value is -5.06. The molecule has 5 unspecified atom stereocenters. The molecule has 3 N–H and O–H groups in total. The van der Waals surface area contributed by atoms with Crippen LogP contribution in [0.25, 0.3) is 0 Å². The van der Waals surface area contributed by atoms with Crippen LogP contribution in [0.5, 0.6) is 0 Å². The summed E-state index contributed by atoms with van der Waals surface area (Å²) in [6.45, 7) is 4.55. The van der Waals surface area contributed by atoms with Gasteiger partial charge in [0.05, 0.1) is 26.4 Å². The molecule has 0 saturated carbocycles. The SMILES string of the molecule is CC/C=C\C/C=C\C/C=C\C/C=C\C/C=C\CCCC(=O)OC(COC(=O)CCCCCCCC/C=C\C/C=C\C/C=C\CCCCC)COP(=O)(O)OCC(O)COP(=O)(O)OCC(COC(=O)CCCCCC/C=C\C/C=C\C/C=C\C/C=C\CC)OC(=O)CCCCCCCCCCCCCCCCC. The normalized spacial score (nSPS) is 14.5. The Morgan fingerprint density at radius 3 is 0.796 bits per heavy atom. The summed E-state index contributed by atoms with van der Waals surface area (Å²) in [5.74, 6) is -2.28. The number of carbonyl (C=O) groups excluding carboxylic acids is 4. The van der Waals surface area contributed by atoms with Gasteiger partial charge in [0.1, 0.15) is 19.3 Å². The van der Waals surface area contributed by atoms with E-state index in [0.29, 0.717) is 32.1 Å². The minimum absolute atomic E-state index is 0.00973. The number of allylic oxidation sites excluding steroid dienone is 24. The van der Waals surface area contributed by atoms with Gasteiger partial charge >= 0.3 is 39.5 Å². The number of hydrogen-bond donors (Lipinski definition) is 3. The number of hydrogen-bond acceptors (Lipinski definition) is 15. The standard InChI is InChI=1S/C89H150O17P2/c1-5-9-13-17-21-25-29-33-37-40-41-44-47-50-54-58-62-66-70-74-87(92)100-80-85(106-89(94)76-72-68-64-60-56-52-48-43-39-35-31-27-23-19-15-11-7-3)82-104-108(97,98)102-78-83(90)77-101-107(95,96)103-81-84(105-88(93)75-71-67-63-59-55-51-45-36-32-28-24-20-16-12-8-4)79-99-86(91)73-69-65-61-57-53-49-46-42-38-34-30-26-22-18-14-10-6-2/h10-11,14-15,21-23,25-27,33-35,37-39,41,44,46,48-49,52,60,64,83-85,90H,5-9,12-13,16-20,24,28-32,36,40,42-43,45,47,50-51,53-59,61-63,65-82H2,1-4H3,(H,95,96)(H,97,98)/b14-10-,15-11-,25-21-,26-22-,27-23-,37-33-,38-34-,39-35-,44-41-,49-46-,52-48-,64-60-. The Labute approximate surface area is 656 Å². The van der Waals surface area contributed by atoms with E-state index in [1.165, 1.54) is 83.5 Å². The molecule has 17 nitrogen and oxygen atoms in total. The van der Waals surface area contributed by atoms with E-state index >= 15 is 0 Å². The van der Waals surface area contributed by atoms with Gasteiger partial charge in [0, 0.05) is 25.7 Å². The molecule has 0 fully saturated rings. The summed E-state index contributed by atoms with van der Waals surface area (Å²) in [5, 5.41) is 10.7. The Morgan fingerprint density at radius 2 is 0.491 bits per heavy atom. The summed E-state index contributed by atoms with van der Waals surface area (Å²) in [7, 11) is -10.00. The van der Waals surface area contributed by atoms with Gasteiger partial charge in [0.2, 0.25) is 0 Å². The van der Waals surface area contributed by atoms with Gasteiger partial charge in [-0.1, -0.05) is 315 Å². The maximum Gasteiger partial charge on any atom is 0.472 e. The van der Waals surface area contributed by atoms with Crippen LogP contribution in [-0.2, 0) is 65.4 Å². The van der Waals surface area contributed by atoms with Crippen molar-refractivity contribution in [1.82, 2.24) is 0 Å². The Bertz CT molecular complexity index is 2610. The predicted molar refractivity (Wildman–Crippen MR) is 445 cm³/mol. The van der Waals surface area contributed by atoms with E-state index in [2.05, 4.69) is 161 Å². The fraction of sp³-hybridized carbons (Fsp3) is 0.685. The number of rotatable bonds is 78. The highest BCUT2D eigenvalue weighted by Gasteiger charge is 2.30. The van der Waals surface area contributed by atoms with Crippen molar-refractivity contribution in [3.63, 3.8) is 0 Å². The molecule has 19 heteroatoms. The maximum atomic E-state index is 13.1. The van der Waals surface area contributed by atoms with Crippen molar-refractivity contribution in [3.8, 4) is 0 Å². The minimum atomic E-state index is -5.00. The smallest absolute Gasteiger partial charge is 0.462 e. The largest absolute Gasteiger partial charge is 0.472 e. The van der Waals surface area contributed by atoms with Gasteiger partial charge in [0.15, 0.2) is 12.2 Å². The lowest BCUT2D eigenvalue weighted by Gasteiger charge is -2.21. The zero-order chi connectivity index (χ0) is 78.9. The summed E-state index contributed by atoms with van der Waals surface area (Å²) in [4.78, 5) is 73.2. The van der Waals surface area contributed by atoms with Crippen molar-refractivity contribution >= 4 is 39.5 Å². The highest BCUT2D eigenvalue weighted by atomic mass is 31.2. The molecular formula is C89H150O17P2. The van der Waals surface area contributed by atoms with Crippen LogP contribution in [0, 0.1) is 0 Å². The number of aliphatic hydroxyl groups excluding tert-OH is 1. The monoisotopic (exact) mass is 1550 g/mol. The van der Waals surface area contributed by atoms with Crippen LogP contribution in [0.15, 0.2) is 146 Å². The van der Waals surface area contributed by atoms with E-state index in [0.717, 1.165) is 167 Å². The average Bonchev–Trinajstić information content (AvgIpc) is 0.900. The quantitative estimate of drug-likeness (QED) is 0.0169. The number of ether oxygens (including phenoxy) is 4. The van der Waals surface area contributed by atoms with Crippen LogP contribution in [0.2, 0.25) is 0 Å². The molecule has 0 amide bonds. The van der Waals surface area contributed by atoms with Crippen molar-refractivity contribution in [2.45, 2.75) is 354 Å². The van der Waals surface area contributed by atoms with Crippen molar-refractivity contribution in [1.29, 1.82) is 0 Å². The van der Waals surface area contributed by atoms with Crippen molar-refractivity contribution in [3.05, 3.63) is 146 Å². The molecule has 0 aromatic rings. The molecule has 618 valence electrons. The van der Waals surface area contributed by atoms with Crippen LogP contribution < -0.4 is 0 Å². The van der Waals surface area contributed by atoms with E-state index in [1.54, 1.807) is 0 Å². The minimum Gasteiger partial charge on any atom is -0.462 e. The molecule has 0 saturated heterocycles. The van der Waals surface area contributed by atoms with Gasteiger partial charge in [-0.25, -0.2) is 9.13 Å². The molecule has 0 aromatic heterocycles. The number of esters is 4. The van der Waals surface area contributed by atoms with Gasteiger partial charge in [-0.05, 0) is 141 Å². The molecule has 0 radical (unpaired) electrons. The topological polar surface area (TPSA) is 237 Å². The van der Waals surface area contributed by atoms with Gasteiger partial charge in [0.25, 0.3) is 0 Å². The van der Waals surface area contributed by atoms with Crippen LogP contribution >= 0.6 is 15.6 Å². The lowest BCUT2D eigenvalue weighted by molar-refractivity contribution is -0.161. The molecule has 0 aliphatic rings. The molecular weight excluding hydrogens is 1400 g/mol. The van der Waals surface area contributed by atoms with Crippen LogP contribution in [0.4, 0.5) is 0 Å². The second kappa shape index (κ2) is 80.0. The highest BCUT2D eigenvalue weighted by Crippen LogP contribution is 2.45. The lowest BCUT2D eigenvalue weighted by Crippen LogP contribution is -2.30. The summed E-state index contributed by atoms with van der Waals surface area (Å²) in [5.41, 5.74) is 0. The molecule has 0 aliphatic carbocycles. The molecule has 0 rings (SSSR count). The Morgan fingerprint density at radius 1 is 0.269 bits per heavy atom. The first kappa shape index (κ1) is 103. The molecule has 0 spiro atoms. The average molecular weight is 1550 g/mol. The third kappa shape index (κ3) is 79.0. The summed E-state index contributed by atoms with van der Waals surface area (Å²) >= 11 is 0. The fourth-order valence-electron chi connectivity index (χ4n) is 11.0. The van der Waals surface area contributed by atoms with E-state index in [1.807, 2.05) is 12.2 Å². The number of carbonyl (C=O) groups is 4. The molecule has 0 bridgehead atoms. The molecule has 0 aliphatic heterocycles. The molecule has 0 heterocycles. The molecule has 0 aromatic carbocycles. The summed E-state index contributed by atoms with van der Waals surface area (Å²) in [6.07, 6.45) is 92.4. The fourth-order valence-corrected chi connectivity index (χ4v) is 12.5. The van der Waals surface area contributed by atoms with Gasteiger partial charge < -0.3 is 33.8 Å². The maximum absolute atomic E-state index is 13.1. The predicted octanol–water partition coefficient (Wildman–Crippen LogP) is 25.0. The zero-order valence-corrected chi connectivity index (χ0v) is 69.5. The first-order valence-corrected chi connectivity index (χ1v) is 45.1. The number of unbranched alkanes of at least 4 members (excludes halogenated alkanes) is 28. The first-order valence-electron chi connectivity index (χ1n) is 42.1. The van der Waals surface area contributed by atoms with Crippen LogP contribution in [0.1, 0.15) is 336 Å². The number of phosphoric ester groups is 2. The van der Waals surface area contributed by atoms with Gasteiger partial charge in [-0.2, -0.15) is 0 Å². The molecule has 5 atom stereocenters. The Kier molecular flexibility index (Phi) is 76.3. The van der Waals surface area contributed by atoms with E-state index in [9.17, 15) is 43.2 Å². The third-order valence-corrected chi connectivity index (χ3v) is 19.2. The van der Waals surface area contributed by atoms with Crippen molar-refractivity contribution < 1.29 is 80.2 Å². The highest BCUT2D eigenvalue weighted by molar-refractivity contribution is 7.47. The lowest BCUT2D eigenvalue weighted by atomic mass is 10.0. The van der Waals surface area contributed by atoms with E-state index in [-0.39, 0.29) is 25.7 Å². The Balaban J connectivity index is 5.45. The van der Waals surface area contributed by atoms with Gasteiger partial charge in [-0.3, -0.25) is 37.3 Å². The third-order valence-electron chi connectivity index (χ3n) is 17.3. The first-order chi connectivity index (χ1) is 52.7. The van der Waals surface area contributed by atoms with Crippen LogP contribution in [0.3, 0.4) is 0 Å². The van der Waals surface area contributed by atoms with Crippen LogP contribution in [-0.4, -0.2) is 96.7 Å².